The molecule has 54 heavy (non-hydrogen) atoms. The molecule has 4 aliphatic rings. The maximum Gasteiger partial charge on any atom is 0.320 e. The lowest BCUT2D eigenvalue weighted by Crippen LogP contribution is -2.45. The number of benzene rings is 1. The molecule has 8 rings (SSSR count). The van der Waals surface area contributed by atoms with Crippen molar-refractivity contribution in [3.63, 3.8) is 0 Å². The molecule has 0 saturated carbocycles. The first-order chi connectivity index (χ1) is 26.1. The molecule has 6 heterocycles. The highest BCUT2D eigenvalue weighted by molar-refractivity contribution is 5.97. The number of nitrogens with zero attached hydrogens (tertiary/aromatic N) is 8. The molecule has 4 atom stereocenters. The zero-order chi connectivity index (χ0) is 37.4. The topological polar surface area (TPSA) is 144 Å². The number of aromatic nitrogens is 5. The number of hydrogen-bond acceptors (Lipinski definition) is 10. The van der Waals surface area contributed by atoms with E-state index in [0.29, 0.717) is 30.0 Å². The van der Waals surface area contributed by atoms with Crippen LogP contribution in [0.3, 0.4) is 0 Å². The van der Waals surface area contributed by atoms with Crippen LogP contribution >= 0.6 is 0 Å². The number of urea groups is 1. The lowest BCUT2D eigenvalue weighted by Gasteiger charge is -2.32. The number of carbonyl (C=O) groups excluding carboxylic acids is 1. The highest BCUT2D eigenvalue weighted by Crippen LogP contribution is 2.39. The number of piperidine rings is 1. The third kappa shape index (κ3) is 7.81. The second-order valence-corrected chi connectivity index (χ2v) is 16.4. The second kappa shape index (κ2) is 15.1. The van der Waals surface area contributed by atoms with Crippen LogP contribution < -0.4 is 25.6 Å². The zero-order valence-corrected chi connectivity index (χ0v) is 32.0. The summed E-state index contributed by atoms with van der Waals surface area (Å²) in [6.45, 7) is 11.9. The fraction of sp³-hybridized carbons (Fsp3) is 0.525. The van der Waals surface area contributed by atoms with Gasteiger partial charge in [-0.1, -0.05) is 45.0 Å². The number of nitrogens with one attached hydrogen (secondary N) is 4. The van der Waals surface area contributed by atoms with E-state index in [1.165, 1.54) is 12.8 Å². The van der Waals surface area contributed by atoms with Gasteiger partial charge in [0.2, 0.25) is 5.95 Å². The number of piperazine rings is 1. The van der Waals surface area contributed by atoms with Gasteiger partial charge in [0, 0.05) is 68.2 Å². The number of ether oxygens (including phenoxy) is 1. The van der Waals surface area contributed by atoms with E-state index in [-0.39, 0.29) is 18.2 Å². The van der Waals surface area contributed by atoms with Crippen LogP contribution in [-0.4, -0.2) is 97.8 Å². The van der Waals surface area contributed by atoms with E-state index in [2.05, 4.69) is 65.1 Å². The molecule has 286 valence electrons. The Morgan fingerprint density at radius 3 is 2.56 bits per heavy atom. The highest BCUT2D eigenvalue weighted by Gasteiger charge is 2.41. The van der Waals surface area contributed by atoms with Crippen LogP contribution in [0.4, 0.5) is 16.4 Å². The zero-order valence-electron chi connectivity index (χ0n) is 32.0. The van der Waals surface area contributed by atoms with Gasteiger partial charge < -0.3 is 30.6 Å². The molecule has 1 aromatic carbocycles. The van der Waals surface area contributed by atoms with Crippen molar-refractivity contribution in [1.82, 2.24) is 44.8 Å². The summed E-state index contributed by atoms with van der Waals surface area (Å²) in [6, 6.07) is 12.8. The Labute approximate surface area is 317 Å². The molecule has 0 spiro atoms. The first-order valence-electron chi connectivity index (χ1n) is 19.5. The van der Waals surface area contributed by atoms with Crippen molar-refractivity contribution in [2.75, 3.05) is 50.0 Å². The Hall–Kier alpha value is -4.95. The molecule has 4 N–H and O–H groups in total. The van der Waals surface area contributed by atoms with Crippen LogP contribution in [0.5, 0.6) is 5.75 Å². The highest BCUT2D eigenvalue weighted by atomic mass is 16.5. The van der Waals surface area contributed by atoms with Gasteiger partial charge in [-0.25, -0.2) is 4.79 Å². The summed E-state index contributed by atoms with van der Waals surface area (Å²) in [7, 11) is 2.22. The number of allylic oxidation sites excluding steroid dienone is 1. The number of rotatable bonds is 11. The smallest absolute Gasteiger partial charge is 0.320 e. The van der Waals surface area contributed by atoms with Gasteiger partial charge in [0.15, 0.2) is 5.65 Å². The van der Waals surface area contributed by atoms with Gasteiger partial charge in [-0.2, -0.15) is 5.10 Å². The van der Waals surface area contributed by atoms with Gasteiger partial charge in [0.05, 0.1) is 30.7 Å². The maximum atomic E-state index is 13.7. The maximum absolute atomic E-state index is 13.7. The predicted molar refractivity (Wildman–Crippen MR) is 210 cm³/mol. The average Bonchev–Trinajstić information content (AvgIpc) is 3.96. The lowest BCUT2D eigenvalue weighted by molar-refractivity contribution is 0.144. The summed E-state index contributed by atoms with van der Waals surface area (Å²) in [6.07, 6.45) is 13.5. The number of carbonyl (C=O) groups is 1. The minimum atomic E-state index is -0.399. The van der Waals surface area contributed by atoms with E-state index in [1.54, 1.807) is 12.3 Å². The number of likely N-dealkylation sites (tertiary alicyclic amines) is 2. The van der Waals surface area contributed by atoms with E-state index in [4.69, 9.17) is 10.1 Å². The van der Waals surface area contributed by atoms with Crippen LogP contribution in [0.25, 0.3) is 5.65 Å². The van der Waals surface area contributed by atoms with E-state index in [9.17, 15) is 4.79 Å². The number of anilines is 2. The van der Waals surface area contributed by atoms with Crippen molar-refractivity contribution < 1.29 is 9.53 Å². The molecule has 1 aliphatic carbocycles. The van der Waals surface area contributed by atoms with Gasteiger partial charge in [-0.15, -0.1) is 10.2 Å². The molecule has 14 heteroatoms. The monoisotopic (exact) mass is 734 g/mol. The van der Waals surface area contributed by atoms with Crippen molar-refractivity contribution in [2.24, 2.45) is 5.41 Å². The fourth-order valence-corrected chi connectivity index (χ4v) is 8.37. The van der Waals surface area contributed by atoms with E-state index in [0.717, 1.165) is 92.7 Å². The van der Waals surface area contributed by atoms with Crippen LogP contribution in [0.1, 0.15) is 82.6 Å². The van der Waals surface area contributed by atoms with Gasteiger partial charge in [0.1, 0.15) is 17.7 Å². The molecule has 3 saturated heterocycles. The van der Waals surface area contributed by atoms with Gasteiger partial charge in [-0.05, 0) is 68.8 Å². The summed E-state index contributed by atoms with van der Waals surface area (Å²) in [5, 5.41) is 31.8. The van der Waals surface area contributed by atoms with Crippen molar-refractivity contribution >= 4 is 29.0 Å². The van der Waals surface area contributed by atoms with Crippen molar-refractivity contribution in [1.29, 1.82) is 5.41 Å². The molecular formula is C40H54N12O2. The summed E-state index contributed by atoms with van der Waals surface area (Å²) >= 11 is 0. The Bertz CT molecular complexity index is 2000. The number of likely N-dealkylation sites (N-methyl/N-ethyl adjacent to an activating group) is 1. The lowest BCUT2D eigenvalue weighted by atomic mass is 9.85. The van der Waals surface area contributed by atoms with E-state index < -0.39 is 5.41 Å². The third-order valence-electron chi connectivity index (χ3n) is 11.5. The Kier molecular flexibility index (Phi) is 10.1. The number of fused-ring (bicyclic) bond motifs is 4. The molecule has 3 fully saturated rings. The quantitative estimate of drug-likeness (QED) is 0.145. The summed E-state index contributed by atoms with van der Waals surface area (Å²) < 4.78 is 10.6. The normalized spacial score (nSPS) is 23.4. The SMILES string of the molecule is CN1CC2CC1CN2CCn1cc(N/C(=C\C(=N)C(C)(C)C)NC(=O)NC2CCC(Oc3ccc4nnc(N5CCCCC5)n4c3)c3ccccc32)cn1. The van der Waals surface area contributed by atoms with E-state index in [1.807, 2.05) is 66.5 Å². The second-order valence-electron chi connectivity index (χ2n) is 16.4. The molecule has 3 aliphatic heterocycles. The number of amides is 2. The number of pyridine rings is 1. The summed E-state index contributed by atoms with van der Waals surface area (Å²) in [5.74, 6) is 2.04. The van der Waals surface area contributed by atoms with Gasteiger partial charge >= 0.3 is 6.03 Å². The Morgan fingerprint density at radius 2 is 1.80 bits per heavy atom. The van der Waals surface area contributed by atoms with Crippen molar-refractivity contribution in [3.05, 3.63) is 78.0 Å². The van der Waals surface area contributed by atoms with Crippen LogP contribution in [0.15, 0.2) is 66.9 Å². The Morgan fingerprint density at radius 1 is 0.981 bits per heavy atom. The predicted octanol–water partition coefficient (Wildman–Crippen LogP) is 5.58. The largest absolute Gasteiger partial charge is 0.484 e. The fourth-order valence-electron chi connectivity index (χ4n) is 8.37. The third-order valence-corrected chi connectivity index (χ3v) is 11.5. The first-order valence-corrected chi connectivity index (χ1v) is 19.5. The average molecular weight is 735 g/mol. The summed E-state index contributed by atoms with van der Waals surface area (Å²) in [4.78, 5) is 21.0. The molecular weight excluding hydrogens is 681 g/mol. The molecule has 0 radical (unpaired) electrons. The van der Waals surface area contributed by atoms with Crippen molar-refractivity contribution in [2.45, 2.75) is 90.1 Å². The van der Waals surface area contributed by atoms with Crippen LogP contribution in [0.2, 0.25) is 0 Å². The summed E-state index contributed by atoms with van der Waals surface area (Å²) in [5.41, 5.74) is 3.63. The minimum Gasteiger partial charge on any atom is -0.484 e. The van der Waals surface area contributed by atoms with Gasteiger partial charge in [0.25, 0.3) is 0 Å². The molecule has 2 bridgehead atoms. The van der Waals surface area contributed by atoms with Crippen LogP contribution in [-0.2, 0) is 6.54 Å². The van der Waals surface area contributed by atoms with Gasteiger partial charge in [-0.3, -0.25) is 19.3 Å². The minimum absolute atomic E-state index is 0.169. The molecule has 4 unspecified atom stereocenters. The number of hydrogen-bond donors (Lipinski definition) is 4. The van der Waals surface area contributed by atoms with E-state index >= 15 is 0 Å². The Balaban J connectivity index is 0.922. The molecule has 14 nitrogen and oxygen atoms in total. The standard InChI is InChI=1S/C40H54N12O2/c1-40(2,3)35(41)21-36(43-27-22-42-51(23-27)19-18-50-25-28-20-29(50)24-48(28)4)45-38(53)44-33-13-14-34(32-11-7-6-10-31(32)33)54-30-12-15-37-46-47-39(52(37)26-30)49-16-8-5-9-17-49/h6-7,10-12,15,21-23,26,28-29,33-34,41,43H,5,8-9,13-14,16-20,24-25H2,1-4H3,(H2,44,45,53)/b36-21+,41-35?. The first kappa shape index (κ1) is 36.0. The van der Waals surface area contributed by atoms with Crippen LogP contribution in [0, 0.1) is 10.8 Å². The molecule has 4 aromatic rings. The van der Waals surface area contributed by atoms with Crippen molar-refractivity contribution in [3.8, 4) is 5.75 Å². The molecule has 3 aromatic heterocycles. The molecule has 2 amide bonds.